The van der Waals surface area contributed by atoms with Crippen LogP contribution in [0, 0.1) is 5.41 Å². The van der Waals surface area contributed by atoms with Gasteiger partial charge in [0.2, 0.25) is 0 Å². The largest absolute Gasteiger partial charge is 0.375 e. The lowest BCUT2D eigenvalue weighted by atomic mass is 9.92. The number of anilines is 1. The van der Waals surface area contributed by atoms with Crippen molar-refractivity contribution in [3.8, 4) is 0 Å². The average Bonchev–Trinajstić information content (AvgIpc) is 2.25. The highest BCUT2D eigenvalue weighted by molar-refractivity contribution is 5.46. The summed E-state index contributed by atoms with van der Waals surface area (Å²) in [7, 11) is 2.14. The molecule has 0 aliphatic rings. The van der Waals surface area contributed by atoms with Crippen molar-refractivity contribution in [1.29, 1.82) is 0 Å². The summed E-state index contributed by atoms with van der Waals surface area (Å²) in [5.41, 5.74) is 8.43. The first-order chi connectivity index (χ1) is 7.42. The Balaban J connectivity index is 2.56. The number of nitrogens with zero attached hydrogens (tertiary/aromatic N) is 1. The molecule has 0 spiro atoms. The molecule has 0 fully saturated rings. The zero-order valence-corrected chi connectivity index (χ0v) is 11.0. The van der Waals surface area contributed by atoms with Crippen molar-refractivity contribution in [3.63, 3.8) is 0 Å². The predicted molar refractivity (Wildman–Crippen MR) is 71.7 cm³/mol. The Hall–Kier alpha value is -1.02. The number of hydrogen-bond donors (Lipinski definition) is 1. The van der Waals surface area contributed by atoms with E-state index in [1.807, 2.05) is 0 Å². The maximum absolute atomic E-state index is 5.58. The van der Waals surface area contributed by atoms with Crippen LogP contribution < -0.4 is 10.6 Å². The molecule has 0 unspecified atom stereocenters. The normalized spacial score (nSPS) is 11.6. The molecule has 1 aromatic carbocycles. The van der Waals surface area contributed by atoms with E-state index in [-0.39, 0.29) is 0 Å². The van der Waals surface area contributed by atoms with Crippen LogP contribution in [-0.2, 0) is 6.54 Å². The van der Waals surface area contributed by atoms with Crippen LogP contribution in [0.15, 0.2) is 24.3 Å². The summed E-state index contributed by atoms with van der Waals surface area (Å²) in [6, 6.07) is 8.49. The van der Waals surface area contributed by atoms with Gasteiger partial charge in [0.25, 0.3) is 0 Å². The van der Waals surface area contributed by atoms with E-state index in [0.717, 1.165) is 6.54 Å². The van der Waals surface area contributed by atoms with Gasteiger partial charge < -0.3 is 10.6 Å². The molecule has 0 aliphatic carbocycles. The maximum atomic E-state index is 5.58. The molecule has 0 radical (unpaired) electrons. The lowest BCUT2D eigenvalue weighted by molar-refractivity contribution is 0.381. The molecule has 0 bridgehead atoms. The van der Waals surface area contributed by atoms with Gasteiger partial charge in [-0.25, -0.2) is 0 Å². The van der Waals surface area contributed by atoms with Crippen molar-refractivity contribution >= 4 is 5.69 Å². The molecule has 0 amide bonds. The maximum Gasteiger partial charge on any atom is 0.0363 e. The fraction of sp³-hybridized carbons (Fsp3) is 0.571. The van der Waals surface area contributed by atoms with Crippen LogP contribution in [0.1, 0.15) is 32.8 Å². The highest BCUT2D eigenvalue weighted by Gasteiger charge is 2.11. The summed E-state index contributed by atoms with van der Waals surface area (Å²) in [6.07, 6.45) is 1.20. The third-order valence-electron chi connectivity index (χ3n) is 2.81. The molecule has 0 saturated carbocycles. The Kier molecular flexibility index (Phi) is 4.36. The third-order valence-corrected chi connectivity index (χ3v) is 2.81. The zero-order chi connectivity index (χ0) is 12.2. The standard InChI is InChI=1S/C14H24N2/c1-14(2,3)9-10-16(4)13-7-5-12(11-15)6-8-13/h5-8H,9-11,15H2,1-4H3. The van der Waals surface area contributed by atoms with Crippen molar-refractivity contribution in [1.82, 2.24) is 0 Å². The van der Waals surface area contributed by atoms with Crippen molar-refractivity contribution in [2.24, 2.45) is 11.1 Å². The Bertz CT molecular complexity index is 309. The van der Waals surface area contributed by atoms with E-state index in [1.54, 1.807) is 0 Å². The molecular formula is C14H24N2. The van der Waals surface area contributed by atoms with Crippen LogP contribution in [0.5, 0.6) is 0 Å². The van der Waals surface area contributed by atoms with Crippen molar-refractivity contribution in [2.75, 3.05) is 18.5 Å². The molecule has 0 heterocycles. The van der Waals surface area contributed by atoms with Gasteiger partial charge in [-0.05, 0) is 29.5 Å². The average molecular weight is 220 g/mol. The Morgan fingerprint density at radius 3 is 2.12 bits per heavy atom. The molecule has 2 nitrogen and oxygen atoms in total. The summed E-state index contributed by atoms with van der Waals surface area (Å²) in [6.45, 7) is 8.53. The van der Waals surface area contributed by atoms with E-state index in [9.17, 15) is 0 Å². The van der Waals surface area contributed by atoms with E-state index in [2.05, 4.69) is 57.0 Å². The first kappa shape index (κ1) is 13.0. The molecule has 0 aliphatic heterocycles. The van der Waals surface area contributed by atoms with Crippen LogP contribution in [-0.4, -0.2) is 13.6 Å². The van der Waals surface area contributed by atoms with E-state index < -0.39 is 0 Å². The molecule has 0 atom stereocenters. The summed E-state index contributed by atoms with van der Waals surface area (Å²) in [5.74, 6) is 0. The quantitative estimate of drug-likeness (QED) is 0.845. The first-order valence-electron chi connectivity index (χ1n) is 5.92. The molecule has 90 valence electrons. The molecular weight excluding hydrogens is 196 g/mol. The van der Waals surface area contributed by atoms with Crippen LogP contribution in [0.2, 0.25) is 0 Å². The second-order valence-corrected chi connectivity index (χ2v) is 5.60. The Labute approximate surface area is 99.5 Å². The van der Waals surface area contributed by atoms with Crippen molar-refractivity contribution in [3.05, 3.63) is 29.8 Å². The second kappa shape index (κ2) is 5.35. The van der Waals surface area contributed by atoms with Gasteiger partial charge >= 0.3 is 0 Å². The van der Waals surface area contributed by atoms with Gasteiger partial charge in [-0.15, -0.1) is 0 Å². The van der Waals surface area contributed by atoms with Gasteiger partial charge in [-0.2, -0.15) is 0 Å². The lowest BCUT2D eigenvalue weighted by Crippen LogP contribution is -2.22. The van der Waals surface area contributed by atoms with Gasteiger partial charge in [-0.1, -0.05) is 32.9 Å². The smallest absolute Gasteiger partial charge is 0.0363 e. The van der Waals surface area contributed by atoms with E-state index in [0.29, 0.717) is 12.0 Å². The van der Waals surface area contributed by atoms with Crippen molar-refractivity contribution in [2.45, 2.75) is 33.7 Å². The number of benzene rings is 1. The molecule has 1 rings (SSSR count). The molecule has 0 saturated heterocycles. The van der Waals surface area contributed by atoms with Gasteiger partial charge in [0.1, 0.15) is 0 Å². The van der Waals surface area contributed by atoms with Crippen molar-refractivity contribution < 1.29 is 0 Å². The third kappa shape index (κ3) is 4.23. The SMILES string of the molecule is CN(CCC(C)(C)C)c1ccc(CN)cc1. The van der Waals surface area contributed by atoms with Crippen LogP contribution in [0.4, 0.5) is 5.69 Å². The van der Waals surface area contributed by atoms with Crippen LogP contribution >= 0.6 is 0 Å². The first-order valence-corrected chi connectivity index (χ1v) is 5.92. The second-order valence-electron chi connectivity index (χ2n) is 5.60. The minimum atomic E-state index is 0.394. The zero-order valence-electron chi connectivity index (χ0n) is 11.0. The minimum absolute atomic E-state index is 0.394. The summed E-state index contributed by atoms with van der Waals surface area (Å²) in [4.78, 5) is 2.30. The highest BCUT2D eigenvalue weighted by atomic mass is 15.1. The van der Waals surface area contributed by atoms with E-state index in [1.165, 1.54) is 17.7 Å². The van der Waals surface area contributed by atoms with Gasteiger partial charge in [-0.3, -0.25) is 0 Å². The predicted octanol–water partition coefficient (Wildman–Crippen LogP) is 3.02. The van der Waals surface area contributed by atoms with E-state index >= 15 is 0 Å². The summed E-state index contributed by atoms with van der Waals surface area (Å²) in [5, 5.41) is 0. The Morgan fingerprint density at radius 2 is 1.69 bits per heavy atom. The lowest BCUT2D eigenvalue weighted by Gasteiger charge is -2.25. The fourth-order valence-electron chi connectivity index (χ4n) is 1.52. The molecule has 1 aromatic rings. The molecule has 2 N–H and O–H groups in total. The summed E-state index contributed by atoms with van der Waals surface area (Å²) < 4.78 is 0. The Morgan fingerprint density at radius 1 is 1.12 bits per heavy atom. The van der Waals surface area contributed by atoms with Crippen LogP contribution in [0.25, 0.3) is 0 Å². The van der Waals surface area contributed by atoms with E-state index in [4.69, 9.17) is 5.73 Å². The topological polar surface area (TPSA) is 29.3 Å². The monoisotopic (exact) mass is 220 g/mol. The number of rotatable bonds is 4. The molecule has 0 aromatic heterocycles. The van der Waals surface area contributed by atoms with Gasteiger partial charge in [0.15, 0.2) is 0 Å². The molecule has 2 heteroatoms. The summed E-state index contributed by atoms with van der Waals surface area (Å²) >= 11 is 0. The minimum Gasteiger partial charge on any atom is -0.375 e. The van der Waals surface area contributed by atoms with Gasteiger partial charge in [0.05, 0.1) is 0 Å². The van der Waals surface area contributed by atoms with Crippen LogP contribution in [0.3, 0.4) is 0 Å². The fourth-order valence-corrected chi connectivity index (χ4v) is 1.52. The number of hydrogen-bond acceptors (Lipinski definition) is 2. The highest BCUT2D eigenvalue weighted by Crippen LogP contribution is 2.21. The molecule has 16 heavy (non-hydrogen) atoms. The number of nitrogens with two attached hydrogens (primary N) is 1. The van der Waals surface area contributed by atoms with Gasteiger partial charge in [0, 0.05) is 25.8 Å².